The van der Waals surface area contributed by atoms with Crippen LogP contribution in [0, 0.1) is 0 Å². The molecule has 0 saturated carbocycles. The molecule has 1 fully saturated rings. The van der Waals surface area contributed by atoms with E-state index in [0.29, 0.717) is 12.6 Å². The maximum Gasteiger partial charge on any atom is 0.328 e. The quantitative estimate of drug-likeness (QED) is 0.678. The van der Waals surface area contributed by atoms with Crippen LogP contribution in [-0.4, -0.2) is 48.3 Å². The van der Waals surface area contributed by atoms with E-state index in [-0.39, 0.29) is 0 Å². The van der Waals surface area contributed by atoms with Crippen molar-refractivity contribution in [3.05, 3.63) is 12.2 Å². The van der Waals surface area contributed by atoms with E-state index in [1.165, 1.54) is 6.08 Å². The van der Waals surface area contributed by atoms with Gasteiger partial charge in [0.05, 0.1) is 13.2 Å². The molecule has 0 aromatic carbocycles. The third-order valence-electron chi connectivity index (χ3n) is 2.42. The maximum absolute atomic E-state index is 10.3. The molecule has 0 aliphatic carbocycles. The van der Waals surface area contributed by atoms with Gasteiger partial charge in [-0.1, -0.05) is 13.0 Å². The summed E-state index contributed by atoms with van der Waals surface area (Å²) in [6, 6.07) is 0.433. The van der Waals surface area contributed by atoms with Crippen molar-refractivity contribution >= 4 is 5.97 Å². The second kappa shape index (κ2) is 5.78. The van der Waals surface area contributed by atoms with Crippen molar-refractivity contribution in [2.45, 2.75) is 19.4 Å². The predicted molar refractivity (Wildman–Crippen MR) is 53.2 cm³/mol. The standard InChI is InChI=1S/C10H17NO3/c1-2-9-8-14-7-6-11(9)5-3-4-10(12)13/h3-4,9H,2,5-8H2,1H3,(H,12,13). The van der Waals surface area contributed by atoms with Crippen molar-refractivity contribution in [3.8, 4) is 0 Å². The average Bonchev–Trinajstić information content (AvgIpc) is 2.18. The van der Waals surface area contributed by atoms with E-state index in [1.807, 2.05) is 0 Å². The van der Waals surface area contributed by atoms with Crippen LogP contribution in [0.15, 0.2) is 12.2 Å². The van der Waals surface area contributed by atoms with Crippen LogP contribution in [0.25, 0.3) is 0 Å². The van der Waals surface area contributed by atoms with Crippen LogP contribution in [0.3, 0.4) is 0 Å². The van der Waals surface area contributed by atoms with Crippen LogP contribution in [0.2, 0.25) is 0 Å². The monoisotopic (exact) mass is 199 g/mol. The SMILES string of the molecule is CCC1COCCN1CC=CC(=O)O. The third-order valence-corrected chi connectivity index (χ3v) is 2.42. The first-order chi connectivity index (χ1) is 6.74. The Bertz CT molecular complexity index is 215. The zero-order chi connectivity index (χ0) is 10.4. The van der Waals surface area contributed by atoms with Gasteiger partial charge >= 0.3 is 5.97 Å². The molecule has 1 saturated heterocycles. The molecule has 0 bridgehead atoms. The fourth-order valence-electron chi connectivity index (χ4n) is 1.59. The summed E-state index contributed by atoms with van der Waals surface area (Å²) in [5.74, 6) is -0.883. The van der Waals surface area contributed by atoms with Gasteiger partial charge in [-0.2, -0.15) is 0 Å². The molecule has 0 aromatic heterocycles. The van der Waals surface area contributed by atoms with Crippen LogP contribution in [0.1, 0.15) is 13.3 Å². The Labute approximate surface area is 84.2 Å². The molecule has 1 rings (SSSR count). The topological polar surface area (TPSA) is 49.8 Å². The number of aliphatic carboxylic acids is 1. The fraction of sp³-hybridized carbons (Fsp3) is 0.700. The van der Waals surface area contributed by atoms with E-state index < -0.39 is 5.97 Å². The largest absolute Gasteiger partial charge is 0.478 e. The normalized spacial score (nSPS) is 24.2. The Kier molecular flexibility index (Phi) is 4.62. The number of hydrogen-bond acceptors (Lipinski definition) is 3. The van der Waals surface area contributed by atoms with Crippen molar-refractivity contribution in [2.75, 3.05) is 26.3 Å². The second-order valence-electron chi connectivity index (χ2n) is 3.37. The summed E-state index contributed by atoms with van der Waals surface area (Å²) in [7, 11) is 0. The molecule has 14 heavy (non-hydrogen) atoms. The van der Waals surface area contributed by atoms with Gasteiger partial charge in [0.25, 0.3) is 0 Å². The van der Waals surface area contributed by atoms with Crippen molar-refractivity contribution < 1.29 is 14.6 Å². The Morgan fingerprint density at radius 2 is 2.50 bits per heavy atom. The van der Waals surface area contributed by atoms with Gasteiger partial charge in [-0.05, 0) is 6.42 Å². The first kappa shape index (κ1) is 11.2. The zero-order valence-corrected chi connectivity index (χ0v) is 8.48. The molecule has 4 heteroatoms. The molecule has 4 nitrogen and oxygen atoms in total. The Balaban J connectivity index is 2.36. The van der Waals surface area contributed by atoms with Gasteiger partial charge in [0.1, 0.15) is 0 Å². The summed E-state index contributed by atoms with van der Waals surface area (Å²) in [6.45, 7) is 5.22. The molecule has 1 unspecified atom stereocenters. The molecule has 1 atom stereocenters. The Hall–Kier alpha value is -0.870. The highest BCUT2D eigenvalue weighted by Crippen LogP contribution is 2.09. The van der Waals surface area contributed by atoms with Gasteiger partial charge in [0.15, 0.2) is 0 Å². The third kappa shape index (κ3) is 3.47. The van der Waals surface area contributed by atoms with E-state index in [1.54, 1.807) is 6.08 Å². The van der Waals surface area contributed by atoms with Crippen molar-refractivity contribution in [1.29, 1.82) is 0 Å². The van der Waals surface area contributed by atoms with E-state index >= 15 is 0 Å². The van der Waals surface area contributed by atoms with Gasteiger partial charge < -0.3 is 9.84 Å². The van der Waals surface area contributed by atoms with Gasteiger partial charge in [0, 0.05) is 25.2 Å². The molecule has 80 valence electrons. The van der Waals surface area contributed by atoms with Crippen molar-refractivity contribution in [1.82, 2.24) is 4.90 Å². The van der Waals surface area contributed by atoms with Crippen molar-refractivity contribution in [2.24, 2.45) is 0 Å². The summed E-state index contributed by atoms with van der Waals surface area (Å²) in [6.07, 6.45) is 3.93. The molecular formula is C10H17NO3. The Morgan fingerprint density at radius 3 is 3.14 bits per heavy atom. The van der Waals surface area contributed by atoms with Crippen molar-refractivity contribution in [3.63, 3.8) is 0 Å². The molecule has 0 aromatic rings. The first-order valence-corrected chi connectivity index (χ1v) is 4.95. The number of carboxylic acid groups (broad SMARTS) is 1. The van der Waals surface area contributed by atoms with Crippen LogP contribution in [-0.2, 0) is 9.53 Å². The van der Waals surface area contributed by atoms with E-state index in [2.05, 4.69) is 11.8 Å². The maximum atomic E-state index is 10.3. The highest BCUT2D eigenvalue weighted by molar-refractivity contribution is 5.79. The number of nitrogens with zero attached hydrogens (tertiary/aromatic N) is 1. The van der Waals surface area contributed by atoms with Crippen LogP contribution >= 0.6 is 0 Å². The van der Waals surface area contributed by atoms with E-state index in [0.717, 1.165) is 26.2 Å². The molecule has 1 aliphatic heterocycles. The highest BCUT2D eigenvalue weighted by atomic mass is 16.5. The molecule has 1 heterocycles. The molecular weight excluding hydrogens is 182 g/mol. The smallest absolute Gasteiger partial charge is 0.328 e. The summed E-state index contributed by atoms with van der Waals surface area (Å²) in [5, 5.41) is 8.44. The van der Waals surface area contributed by atoms with E-state index in [4.69, 9.17) is 9.84 Å². The minimum absolute atomic E-state index is 0.433. The number of carbonyl (C=O) groups is 1. The lowest BCUT2D eigenvalue weighted by atomic mass is 10.2. The van der Waals surface area contributed by atoms with Gasteiger partial charge in [0.2, 0.25) is 0 Å². The molecule has 1 N–H and O–H groups in total. The van der Waals surface area contributed by atoms with Gasteiger partial charge in [-0.15, -0.1) is 0 Å². The van der Waals surface area contributed by atoms with Gasteiger partial charge in [-0.25, -0.2) is 4.79 Å². The summed E-state index contributed by atoms with van der Waals surface area (Å²) >= 11 is 0. The lowest BCUT2D eigenvalue weighted by molar-refractivity contribution is -0.131. The lowest BCUT2D eigenvalue weighted by Crippen LogP contribution is -2.44. The summed E-state index contributed by atoms with van der Waals surface area (Å²) in [4.78, 5) is 12.5. The predicted octanol–water partition coefficient (Wildman–Crippen LogP) is 0.738. The molecule has 0 spiro atoms. The number of ether oxygens (including phenoxy) is 1. The zero-order valence-electron chi connectivity index (χ0n) is 8.48. The van der Waals surface area contributed by atoms with Crippen LogP contribution in [0.4, 0.5) is 0 Å². The minimum Gasteiger partial charge on any atom is -0.478 e. The summed E-state index contributed by atoms with van der Waals surface area (Å²) < 4.78 is 5.35. The second-order valence-corrected chi connectivity index (χ2v) is 3.37. The average molecular weight is 199 g/mol. The number of morpholine rings is 1. The molecule has 0 radical (unpaired) electrons. The van der Waals surface area contributed by atoms with Crippen LogP contribution in [0.5, 0.6) is 0 Å². The fourth-order valence-corrected chi connectivity index (χ4v) is 1.59. The molecule has 1 aliphatic rings. The number of rotatable bonds is 4. The van der Waals surface area contributed by atoms with Gasteiger partial charge in [-0.3, -0.25) is 4.90 Å². The van der Waals surface area contributed by atoms with Crippen LogP contribution < -0.4 is 0 Å². The minimum atomic E-state index is -0.883. The van der Waals surface area contributed by atoms with E-state index in [9.17, 15) is 4.79 Å². The Morgan fingerprint density at radius 1 is 1.71 bits per heavy atom. The molecule has 0 amide bonds. The number of hydrogen-bond donors (Lipinski definition) is 1. The highest BCUT2D eigenvalue weighted by Gasteiger charge is 2.19. The number of carboxylic acids is 1. The summed E-state index contributed by atoms with van der Waals surface area (Å²) in [5.41, 5.74) is 0. The first-order valence-electron chi connectivity index (χ1n) is 4.95. The lowest BCUT2D eigenvalue weighted by Gasteiger charge is -2.34.